The van der Waals surface area contributed by atoms with Gasteiger partial charge in [-0.3, -0.25) is 4.98 Å². The van der Waals surface area contributed by atoms with Crippen molar-refractivity contribution < 1.29 is 9.53 Å². The zero-order valence-electron chi connectivity index (χ0n) is 13.4. The fraction of sp³-hybridized carbons (Fsp3) is 0.368. The second-order valence-electron chi connectivity index (χ2n) is 5.98. The Hall–Kier alpha value is -2.36. The molecule has 4 nitrogen and oxygen atoms in total. The van der Waals surface area contributed by atoms with Crippen molar-refractivity contribution in [2.75, 3.05) is 6.54 Å². The maximum absolute atomic E-state index is 12.5. The van der Waals surface area contributed by atoms with Gasteiger partial charge in [0.05, 0.1) is 6.04 Å². The molecule has 1 aliphatic heterocycles. The first-order valence-corrected chi connectivity index (χ1v) is 8.13. The molecule has 0 saturated carbocycles. The molecule has 120 valence electrons. The lowest BCUT2D eigenvalue weighted by molar-refractivity contribution is 0.0677. The van der Waals surface area contributed by atoms with Crippen LogP contribution in [0.5, 0.6) is 0 Å². The van der Waals surface area contributed by atoms with Crippen LogP contribution < -0.4 is 0 Å². The molecule has 1 aliphatic rings. The van der Waals surface area contributed by atoms with Crippen molar-refractivity contribution in [3.8, 4) is 0 Å². The molecule has 1 aromatic heterocycles. The van der Waals surface area contributed by atoms with E-state index in [-0.39, 0.29) is 12.1 Å². The normalized spacial score (nSPS) is 17.8. The van der Waals surface area contributed by atoms with Gasteiger partial charge < -0.3 is 9.64 Å². The fourth-order valence-corrected chi connectivity index (χ4v) is 3.10. The molecular weight excluding hydrogens is 288 g/mol. The van der Waals surface area contributed by atoms with Gasteiger partial charge in [0.25, 0.3) is 0 Å². The molecule has 0 bridgehead atoms. The van der Waals surface area contributed by atoms with Crippen LogP contribution in [0, 0.1) is 6.92 Å². The zero-order chi connectivity index (χ0) is 16.1. The Morgan fingerprint density at radius 2 is 2.09 bits per heavy atom. The van der Waals surface area contributed by atoms with Crippen molar-refractivity contribution >= 4 is 6.09 Å². The number of aromatic nitrogens is 1. The summed E-state index contributed by atoms with van der Waals surface area (Å²) in [5, 5.41) is 0. The van der Waals surface area contributed by atoms with E-state index in [0.29, 0.717) is 6.61 Å². The molecule has 23 heavy (non-hydrogen) atoms. The summed E-state index contributed by atoms with van der Waals surface area (Å²) in [5.41, 5.74) is 3.31. The van der Waals surface area contributed by atoms with Crippen molar-refractivity contribution in [2.45, 2.75) is 38.8 Å². The number of hydrogen-bond donors (Lipinski definition) is 0. The molecule has 1 saturated heterocycles. The molecule has 2 heterocycles. The monoisotopic (exact) mass is 310 g/mol. The molecule has 4 heteroatoms. The number of likely N-dealkylation sites (tertiary alicyclic amines) is 1. The van der Waals surface area contributed by atoms with Gasteiger partial charge in [0.2, 0.25) is 0 Å². The highest BCUT2D eigenvalue weighted by Crippen LogP contribution is 2.32. The van der Waals surface area contributed by atoms with Gasteiger partial charge in [-0.15, -0.1) is 0 Å². The Morgan fingerprint density at radius 1 is 1.26 bits per heavy atom. The standard InChI is InChI=1S/C19H22N2O2/c1-15-10-11-20-13-17(15)18-9-5-6-12-21(18)19(22)23-14-16-7-3-2-4-8-16/h2-4,7-8,10-11,13,18H,5-6,9,12,14H2,1H3/t18-/m1/s1. The highest BCUT2D eigenvalue weighted by molar-refractivity contribution is 5.68. The third kappa shape index (κ3) is 3.70. The number of rotatable bonds is 3. The van der Waals surface area contributed by atoms with Crippen LogP contribution in [0.4, 0.5) is 4.79 Å². The molecule has 1 fully saturated rings. The van der Waals surface area contributed by atoms with Gasteiger partial charge in [-0.25, -0.2) is 4.79 Å². The van der Waals surface area contributed by atoms with Gasteiger partial charge in [-0.1, -0.05) is 30.3 Å². The van der Waals surface area contributed by atoms with Gasteiger partial charge in [-0.05, 0) is 48.9 Å². The van der Waals surface area contributed by atoms with Crippen LogP contribution >= 0.6 is 0 Å². The highest BCUT2D eigenvalue weighted by Gasteiger charge is 2.30. The topological polar surface area (TPSA) is 42.4 Å². The summed E-state index contributed by atoms with van der Waals surface area (Å²) < 4.78 is 5.53. The first kappa shape index (κ1) is 15.5. The Morgan fingerprint density at radius 3 is 2.87 bits per heavy atom. The maximum atomic E-state index is 12.5. The number of hydrogen-bond acceptors (Lipinski definition) is 3. The summed E-state index contributed by atoms with van der Waals surface area (Å²) in [5.74, 6) is 0. The lowest BCUT2D eigenvalue weighted by Crippen LogP contribution is -2.39. The Labute approximate surface area is 137 Å². The number of piperidine rings is 1. The van der Waals surface area contributed by atoms with Gasteiger partial charge in [0, 0.05) is 18.9 Å². The molecule has 1 atom stereocenters. The largest absolute Gasteiger partial charge is 0.445 e. The van der Waals surface area contributed by atoms with E-state index in [2.05, 4.69) is 11.9 Å². The van der Waals surface area contributed by atoms with Crippen LogP contribution in [0.15, 0.2) is 48.8 Å². The van der Waals surface area contributed by atoms with Crippen LogP contribution in [-0.2, 0) is 11.3 Å². The van der Waals surface area contributed by atoms with E-state index in [1.165, 1.54) is 5.56 Å². The predicted molar refractivity (Wildman–Crippen MR) is 88.9 cm³/mol. The van der Waals surface area contributed by atoms with Crippen molar-refractivity contribution in [1.29, 1.82) is 0 Å². The van der Waals surface area contributed by atoms with Crippen LogP contribution in [0.3, 0.4) is 0 Å². The summed E-state index contributed by atoms with van der Waals surface area (Å²) in [6.07, 6.45) is 6.55. The quantitative estimate of drug-likeness (QED) is 0.851. The fourth-order valence-electron chi connectivity index (χ4n) is 3.10. The number of aryl methyl sites for hydroxylation is 1. The average molecular weight is 310 g/mol. The van der Waals surface area contributed by atoms with Gasteiger partial charge in [-0.2, -0.15) is 0 Å². The molecule has 2 aromatic rings. The van der Waals surface area contributed by atoms with Crippen LogP contribution in [0.2, 0.25) is 0 Å². The van der Waals surface area contributed by atoms with E-state index < -0.39 is 0 Å². The lowest BCUT2D eigenvalue weighted by Gasteiger charge is -2.35. The molecule has 3 rings (SSSR count). The molecule has 1 aromatic carbocycles. The Bertz CT molecular complexity index is 657. The second kappa shape index (κ2) is 7.27. The van der Waals surface area contributed by atoms with Crippen molar-refractivity contribution in [3.05, 3.63) is 65.5 Å². The molecule has 0 aliphatic carbocycles. The van der Waals surface area contributed by atoms with E-state index in [4.69, 9.17) is 4.74 Å². The molecule has 0 radical (unpaired) electrons. The number of carbonyl (C=O) groups excluding carboxylic acids is 1. The minimum Gasteiger partial charge on any atom is -0.445 e. The number of ether oxygens (including phenoxy) is 1. The molecule has 1 amide bonds. The minimum absolute atomic E-state index is 0.0701. The summed E-state index contributed by atoms with van der Waals surface area (Å²) in [7, 11) is 0. The summed E-state index contributed by atoms with van der Waals surface area (Å²) in [4.78, 5) is 18.6. The van der Waals surface area contributed by atoms with Crippen LogP contribution in [0.1, 0.15) is 42.0 Å². The van der Waals surface area contributed by atoms with Crippen molar-refractivity contribution in [3.63, 3.8) is 0 Å². The van der Waals surface area contributed by atoms with Crippen molar-refractivity contribution in [2.24, 2.45) is 0 Å². The maximum Gasteiger partial charge on any atom is 0.410 e. The molecule has 0 N–H and O–H groups in total. The molecule has 0 spiro atoms. The van der Waals surface area contributed by atoms with Gasteiger partial charge in [0.1, 0.15) is 6.61 Å². The highest BCUT2D eigenvalue weighted by atomic mass is 16.6. The van der Waals surface area contributed by atoms with E-state index in [9.17, 15) is 4.79 Å². The van der Waals surface area contributed by atoms with Gasteiger partial charge >= 0.3 is 6.09 Å². The lowest BCUT2D eigenvalue weighted by atomic mass is 9.94. The number of benzene rings is 1. The predicted octanol–water partition coefficient (Wildman–Crippen LogP) is 4.25. The number of amides is 1. The van der Waals surface area contributed by atoms with Crippen LogP contribution in [0.25, 0.3) is 0 Å². The minimum atomic E-state index is -0.234. The van der Waals surface area contributed by atoms with E-state index in [0.717, 1.165) is 36.9 Å². The van der Waals surface area contributed by atoms with E-state index in [1.807, 2.05) is 47.5 Å². The van der Waals surface area contributed by atoms with Gasteiger partial charge in [0.15, 0.2) is 0 Å². The molecular formula is C19H22N2O2. The van der Waals surface area contributed by atoms with E-state index in [1.54, 1.807) is 6.20 Å². The first-order chi connectivity index (χ1) is 11.3. The average Bonchev–Trinajstić information content (AvgIpc) is 2.61. The number of carbonyl (C=O) groups is 1. The number of pyridine rings is 1. The Balaban J connectivity index is 1.71. The first-order valence-electron chi connectivity index (χ1n) is 8.13. The zero-order valence-corrected chi connectivity index (χ0v) is 13.4. The summed E-state index contributed by atoms with van der Waals surface area (Å²) >= 11 is 0. The SMILES string of the molecule is Cc1ccncc1[C@H]1CCCCN1C(=O)OCc1ccccc1. The molecule has 0 unspecified atom stereocenters. The third-order valence-corrected chi connectivity index (χ3v) is 4.38. The third-order valence-electron chi connectivity index (χ3n) is 4.38. The van der Waals surface area contributed by atoms with Crippen molar-refractivity contribution in [1.82, 2.24) is 9.88 Å². The van der Waals surface area contributed by atoms with Crippen LogP contribution in [-0.4, -0.2) is 22.5 Å². The smallest absolute Gasteiger partial charge is 0.410 e. The Kier molecular flexibility index (Phi) is 4.91. The summed E-state index contributed by atoms with van der Waals surface area (Å²) in [6, 6.07) is 11.9. The summed E-state index contributed by atoms with van der Waals surface area (Å²) in [6.45, 7) is 3.13. The number of nitrogens with zero attached hydrogens (tertiary/aromatic N) is 2. The van der Waals surface area contributed by atoms with E-state index >= 15 is 0 Å². The second-order valence-corrected chi connectivity index (χ2v) is 5.98.